The fourth-order valence-corrected chi connectivity index (χ4v) is 7.19. The molecule has 0 aliphatic carbocycles. The van der Waals surface area contributed by atoms with Gasteiger partial charge in [-0.1, -0.05) is 6.58 Å². The van der Waals surface area contributed by atoms with Gasteiger partial charge in [0.1, 0.15) is 0 Å². The van der Waals surface area contributed by atoms with Crippen LogP contribution in [0, 0.1) is 0 Å². The molecule has 0 unspecified atom stereocenters. The van der Waals surface area contributed by atoms with E-state index in [4.69, 9.17) is 31.3 Å². The van der Waals surface area contributed by atoms with Gasteiger partial charge in [0.05, 0.1) is 6.61 Å². The molecule has 0 aliphatic rings. The van der Waals surface area contributed by atoms with Gasteiger partial charge in [0.2, 0.25) is 0 Å². The Balaban J connectivity index is 0. The maximum atomic E-state index is 11.1. The van der Waals surface area contributed by atoms with E-state index in [1.807, 2.05) is 20.8 Å². The SMILES string of the molecule is C=C(C)C(=O)OCCC[Si](OC)(OC)OC.CCO[Si](CCCS)(OCC)OCC. The van der Waals surface area contributed by atoms with Gasteiger partial charge in [-0.15, -0.1) is 0 Å². The first-order chi connectivity index (χ1) is 14.3. The van der Waals surface area contributed by atoms with Crippen molar-refractivity contribution in [2.75, 3.05) is 53.5 Å². The minimum absolute atomic E-state index is 0.316. The molecule has 0 bridgehead atoms. The zero-order valence-corrected chi connectivity index (χ0v) is 22.7. The number of carbonyl (C=O) groups is 1. The van der Waals surface area contributed by atoms with Crippen LogP contribution >= 0.6 is 12.6 Å². The van der Waals surface area contributed by atoms with E-state index < -0.39 is 17.6 Å². The minimum atomic E-state index is -2.53. The fraction of sp³-hybridized carbons (Fsp3) is 0.842. The standard InChI is InChI=1S/C10H20O5Si.C9H22O3SSi/c1-9(2)10(11)15-7-6-8-16(12-3,13-4)14-5;1-4-10-14(11-5-2,12-6-3)9-7-8-13/h1,6-8H2,2-5H3;13H,4-9H2,1-3H3. The van der Waals surface area contributed by atoms with E-state index in [0.29, 0.717) is 44.5 Å². The highest BCUT2D eigenvalue weighted by atomic mass is 32.1. The molecular formula is C19H42O8SSi2. The van der Waals surface area contributed by atoms with E-state index in [2.05, 4.69) is 19.2 Å². The monoisotopic (exact) mass is 486 g/mol. The van der Waals surface area contributed by atoms with E-state index in [1.54, 1.807) is 28.3 Å². The third-order valence-corrected chi connectivity index (χ3v) is 10.2. The fourth-order valence-electron chi connectivity index (χ4n) is 2.43. The van der Waals surface area contributed by atoms with E-state index in [-0.39, 0.29) is 5.97 Å². The van der Waals surface area contributed by atoms with E-state index in [1.165, 1.54) is 0 Å². The summed E-state index contributed by atoms with van der Waals surface area (Å²) in [6.07, 6.45) is 1.62. The Morgan fingerprint density at radius 3 is 1.60 bits per heavy atom. The second kappa shape index (κ2) is 19.4. The normalized spacial score (nSPS) is 11.6. The van der Waals surface area contributed by atoms with E-state index in [0.717, 1.165) is 18.2 Å². The predicted molar refractivity (Wildman–Crippen MR) is 126 cm³/mol. The van der Waals surface area contributed by atoms with E-state index in [9.17, 15) is 4.79 Å². The van der Waals surface area contributed by atoms with Crippen molar-refractivity contribution in [3.05, 3.63) is 12.2 Å². The van der Waals surface area contributed by atoms with Crippen LogP contribution in [0.25, 0.3) is 0 Å². The third kappa shape index (κ3) is 13.9. The maximum absolute atomic E-state index is 11.1. The molecule has 0 saturated carbocycles. The van der Waals surface area contributed by atoms with Crippen molar-refractivity contribution in [2.24, 2.45) is 0 Å². The Labute approximate surface area is 190 Å². The summed E-state index contributed by atoms with van der Waals surface area (Å²) in [6.45, 7) is 13.3. The average Bonchev–Trinajstić information content (AvgIpc) is 2.74. The molecule has 0 aliphatic heterocycles. The molecule has 11 heteroatoms. The molecule has 0 aromatic carbocycles. The first-order valence-corrected chi connectivity index (χ1v) is 14.8. The predicted octanol–water partition coefficient (Wildman–Crippen LogP) is 3.73. The van der Waals surface area contributed by atoms with Crippen LogP contribution in [0.2, 0.25) is 12.1 Å². The molecule has 0 atom stereocenters. The molecule has 0 N–H and O–H groups in total. The van der Waals surface area contributed by atoms with Crippen LogP contribution in [-0.2, 0) is 36.1 Å². The maximum Gasteiger partial charge on any atom is 0.500 e. The first-order valence-electron chi connectivity index (χ1n) is 10.3. The summed E-state index contributed by atoms with van der Waals surface area (Å²) in [5, 5.41) is 0. The largest absolute Gasteiger partial charge is 0.500 e. The summed E-state index contributed by atoms with van der Waals surface area (Å²) in [5.74, 6) is 0.474. The smallest absolute Gasteiger partial charge is 0.462 e. The van der Waals surface area contributed by atoms with Crippen LogP contribution < -0.4 is 0 Å². The number of carbonyl (C=O) groups excluding carboxylic acids is 1. The second-order valence-electron chi connectivity index (χ2n) is 6.12. The zero-order valence-electron chi connectivity index (χ0n) is 19.8. The van der Waals surface area contributed by atoms with Crippen LogP contribution in [0.1, 0.15) is 40.5 Å². The lowest BCUT2D eigenvalue weighted by atomic mass is 10.4. The molecule has 8 nitrogen and oxygen atoms in total. The van der Waals surface area contributed by atoms with Crippen molar-refractivity contribution >= 4 is 36.2 Å². The Morgan fingerprint density at radius 1 is 0.833 bits per heavy atom. The number of esters is 1. The van der Waals surface area contributed by atoms with Crippen molar-refractivity contribution in [3.8, 4) is 0 Å². The Kier molecular flexibility index (Phi) is 20.7. The topological polar surface area (TPSA) is 81.7 Å². The summed E-state index contributed by atoms with van der Waals surface area (Å²) in [5.41, 5.74) is 0.397. The van der Waals surface area contributed by atoms with E-state index >= 15 is 0 Å². The number of hydrogen-bond donors (Lipinski definition) is 1. The summed E-state index contributed by atoms with van der Waals surface area (Å²) in [4.78, 5) is 11.1. The minimum Gasteiger partial charge on any atom is -0.462 e. The van der Waals surface area contributed by atoms with Gasteiger partial charge in [0.15, 0.2) is 0 Å². The van der Waals surface area contributed by atoms with Crippen molar-refractivity contribution in [2.45, 2.75) is 52.6 Å². The summed E-state index contributed by atoms with van der Waals surface area (Å²) in [7, 11) is -0.232. The average molecular weight is 487 g/mol. The number of thiol groups is 1. The number of rotatable bonds is 17. The van der Waals surface area contributed by atoms with Gasteiger partial charge in [-0.05, 0) is 46.3 Å². The van der Waals surface area contributed by atoms with Crippen LogP contribution in [-0.4, -0.2) is 77.1 Å². The van der Waals surface area contributed by atoms with Gasteiger partial charge in [0.25, 0.3) is 0 Å². The lowest BCUT2D eigenvalue weighted by molar-refractivity contribution is -0.139. The van der Waals surface area contributed by atoms with Gasteiger partial charge >= 0.3 is 23.6 Å². The Morgan fingerprint density at radius 2 is 1.27 bits per heavy atom. The lowest BCUT2D eigenvalue weighted by Gasteiger charge is -2.28. The highest BCUT2D eigenvalue weighted by Gasteiger charge is 2.39. The second-order valence-corrected chi connectivity index (χ2v) is 12.4. The van der Waals surface area contributed by atoms with Crippen LogP contribution in [0.15, 0.2) is 12.2 Å². The highest BCUT2D eigenvalue weighted by Crippen LogP contribution is 2.18. The summed E-state index contributed by atoms with van der Waals surface area (Å²) < 4.78 is 37.6. The quantitative estimate of drug-likeness (QED) is 0.109. The van der Waals surface area contributed by atoms with Crippen molar-refractivity contribution in [1.29, 1.82) is 0 Å². The van der Waals surface area contributed by atoms with Crippen molar-refractivity contribution < 1.29 is 36.1 Å². The van der Waals surface area contributed by atoms with Gasteiger partial charge in [-0.25, -0.2) is 4.79 Å². The van der Waals surface area contributed by atoms with Gasteiger partial charge in [-0.2, -0.15) is 12.6 Å². The molecule has 180 valence electrons. The van der Waals surface area contributed by atoms with Gasteiger partial charge in [0, 0.05) is 58.8 Å². The number of hydrogen-bond acceptors (Lipinski definition) is 9. The molecule has 0 heterocycles. The van der Waals surface area contributed by atoms with Crippen molar-refractivity contribution in [3.63, 3.8) is 0 Å². The van der Waals surface area contributed by atoms with Crippen molar-refractivity contribution in [1.82, 2.24) is 0 Å². The lowest BCUT2D eigenvalue weighted by Crippen LogP contribution is -2.46. The molecule has 0 aromatic heterocycles. The van der Waals surface area contributed by atoms with Crippen LogP contribution in [0.4, 0.5) is 0 Å². The summed E-state index contributed by atoms with van der Waals surface area (Å²) >= 11 is 4.19. The summed E-state index contributed by atoms with van der Waals surface area (Å²) in [6, 6.07) is 1.48. The molecule has 0 amide bonds. The molecular weight excluding hydrogens is 444 g/mol. The molecule has 0 aromatic rings. The Bertz CT molecular complexity index is 425. The Hall–Kier alpha value is -0.246. The molecule has 0 spiro atoms. The highest BCUT2D eigenvalue weighted by molar-refractivity contribution is 7.80. The van der Waals surface area contributed by atoms with Gasteiger partial charge < -0.3 is 31.3 Å². The molecule has 0 saturated heterocycles. The van der Waals surface area contributed by atoms with Crippen LogP contribution in [0.3, 0.4) is 0 Å². The number of ether oxygens (including phenoxy) is 1. The molecule has 0 rings (SSSR count). The van der Waals surface area contributed by atoms with Crippen LogP contribution in [0.5, 0.6) is 0 Å². The first kappa shape index (κ1) is 31.9. The zero-order chi connectivity index (χ0) is 23.5. The molecule has 0 radical (unpaired) electrons. The van der Waals surface area contributed by atoms with Gasteiger partial charge in [-0.3, -0.25) is 0 Å². The molecule has 0 fully saturated rings. The molecule has 30 heavy (non-hydrogen) atoms. The third-order valence-electron chi connectivity index (χ3n) is 3.88.